The van der Waals surface area contributed by atoms with Crippen molar-refractivity contribution in [3.63, 3.8) is 0 Å². The monoisotopic (exact) mass is 182 g/mol. The Morgan fingerprint density at radius 1 is 1.31 bits per heavy atom. The Hall–Kier alpha value is -1.25. The van der Waals surface area contributed by atoms with Gasteiger partial charge < -0.3 is 10.1 Å². The van der Waals surface area contributed by atoms with Gasteiger partial charge in [0.15, 0.2) is 0 Å². The molecule has 1 N–H and O–H groups in total. The predicted molar refractivity (Wildman–Crippen MR) is 56.4 cm³/mol. The quantitative estimate of drug-likeness (QED) is 0.763. The van der Waals surface area contributed by atoms with Crippen LogP contribution in [-0.4, -0.2) is 19.1 Å². The molecular weight excluding hydrogens is 164 g/mol. The lowest BCUT2D eigenvalue weighted by Crippen LogP contribution is -1.95. The van der Waals surface area contributed by atoms with Crippen molar-refractivity contribution in [1.29, 1.82) is 0 Å². The van der Waals surface area contributed by atoms with Crippen LogP contribution in [0.2, 0.25) is 0 Å². The van der Waals surface area contributed by atoms with E-state index in [9.17, 15) is 0 Å². The Morgan fingerprint density at radius 2 is 1.92 bits per heavy atom. The smallest absolute Gasteiger partial charge is 0.129 e. The number of hydrogen-bond donors (Lipinski definition) is 1. The molecule has 0 atom stereocenters. The lowest BCUT2D eigenvalue weighted by Gasteiger charge is -2.04. The van der Waals surface area contributed by atoms with Crippen LogP contribution in [0, 0.1) is 6.92 Å². The van der Waals surface area contributed by atoms with Gasteiger partial charge in [-0.2, -0.15) is 0 Å². The van der Waals surface area contributed by atoms with Gasteiger partial charge in [0.2, 0.25) is 0 Å². The summed E-state index contributed by atoms with van der Waals surface area (Å²) >= 11 is 0. The Bertz CT molecular complexity index is 226. The molecule has 1 aromatic heterocycles. The average molecular weight is 182 g/mol. The Labute approximate surface area is 80.1 Å². The van der Waals surface area contributed by atoms with E-state index < -0.39 is 0 Å². The minimum absolute atomic E-state index is 0.835. The number of hydrogen-bond acceptors (Lipinski definition) is 3. The molecule has 1 heterocycles. The van der Waals surface area contributed by atoms with Crippen molar-refractivity contribution in [2.75, 3.05) is 19.5 Å². The van der Waals surface area contributed by atoms with Crippen LogP contribution in [0.5, 0.6) is 5.75 Å². The molecule has 0 radical (unpaired) electrons. The highest BCUT2D eigenvalue weighted by Gasteiger charge is 1.96. The highest BCUT2D eigenvalue weighted by atomic mass is 16.5. The number of nitrogens with one attached hydrogen (secondary N) is 1. The first-order chi connectivity index (χ1) is 6.26. The lowest BCUT2D eigenvalue weighted by molar-refractivity contribution is 0.414. The van der Waals surface area contributed by atoms with E-state index in [4.69, 9.17) is 4.74 Å². The molecule has 1 aromatic rings. The number of anilines is 1. The molecular formula is C10H18N2O. The van der Waals surface area contributed by atoms with Gasteiger partial charge in [0, 0.05) is 24.9 Å². The van der Waals surface area contributed by atoms with Gasteiger partial charge in [-0.15, -0.1) is 0 Å². The third-order valence-corrected chi connectivity index (χ3v) is 1.42. The summed E-state index contributed by atoms with van der Waals surface area (Å²) in [4.78, 5) is 4.21. The molecule has 3 nitrogen and oxygen atoms in total. The minimum atomic E-state index is 0.835. The van der Waals surface area contributed by atoms with Crippen molar-refractivity contribution in [3.8, 4) is 5.75 Å². The molecule has 0 spiro atoms. The Morgan fingerprint density at radius 3 is 2.38 bits per heavy atom. The van der Waals surface area contributed by atoms with Crippen molar-refractivity contribution in [3.05, 3.63) is 17.8 Å². The van der Waals surface area contributed by atoms with E-state index in [1.54, 1.807) is 7.11 Å². The minimum Gasteiger partial charge on any atom is -0.497 e. The zero-order valence-corrected chi connectivity index (χ0v) is 9.01. The summed E-state index contributed by atoms with van der Waals surface area (Å²) in [7, 11) is 3.48. The maximum Gasteiger partial charge on any atom is 0.129 e. The highest BCUT2D eigenvalue weighted by Crippen LogP contribution is 2.15. The molecule has 0 saturated heterocycles. The zero-order valence-electron chi connectivity index (χ0n) is 9.01. The fraction of sp³-hybridized carbons (Fsp3) is 0.500. The van der Waals surface area contributed by atoms with Crippen LogP contribution >= 0.6 is 0 Å². The molecule has 13 heavy (non-hydrogen) atoms. The summed E-state index contributed by atoms with van der Waals surface area (Å²) in [5, 5.41) is 2.95. The van der Waals surface area contributed by atoms with Crippen LogP contribution in [0.15, 0.2) is 12.1 Å². The van der Waals surface area contributed by atoms with E-state index in [1.165, 1.54) is 0 Å². The van der Waals surface area contributed by atoms with E-state index in [2.05, 4.69) is 10.3 Å². The Balaban J connectivity index is 0.000000671. The van der Waals surface area contributed by atoms with Gasteiger partial charge >= 0.3 is 0 Å². The molecule has 0 amide bonds. The van der Waals surface area contributed by atoms with Crippen LogP contribution in [0.3, 0.4) is 0 Å². The number of nitrogens with zero attached hydrogens (tertiary/aromatic N) is 1. The van der Waals surface area contributed by atoms with Gasteiger partial charge in [-0.1, -0.05) is 13.8 Å². The van der Waals surface area contributed by atoms with E-state index in [0.29, 0.717) is 0 Å². The fourth-order valence-electron chi connectivity index (χ4n) is 0.883. The molecule has 0 bridgehead atoms. The standard InChI is InChI=1S/C8H12N2O.C2H6/c1-6-4-7(11-3)5-8(9-2)10-6;1-2/h4-5H,1-3H3,(H,9,10);1-2H3. The highest BCUT2D eigenvalue weighted by molar-refractivity contribution is 5.41. The molecule has 0 aromatic carbocycles. The first-order valence-electron chi connectivity index (χ1n) is 4.46. The summed E-state index contributed by atoms with van der Waals surface area (Å²) in [6, 6.07) is 3.74. The molecule has 0 fully saturated rings. The van der Waals surface area contributed by atoms with Crippen molar-refractivity contribution in [2.24, 2.45) is 0 Å². The van der Waals surface area contributed by atoms with Gasteiger partial charge in [0.05, 0.1) is 7.11 Å². The average Bonchev–Trinajstić information content (AvgIpc) is 2.20. The number of aromatic nitrogens is 1. The fourth-order valence-corrected chi connectivity index (χ4v) is 0.883. The van der Waals surface area contributed by atoms with Gasteiger partial charge in [-0.05, 0) is 6.92 Å². The van der Waals surface area contributed by atoms with Gasteiger partial charge in [-0.3, -0.25) is 0 Å². The van der Waals surface area contributed by atoms with Crippen molar-refractivity contribution in [1.82, 2.24) is 4.98 Å². The van der Waals surface area contributed by atoms with Crippen LogP contribution < -0.4 is 10.1 Å². The maximum atomic E-state index is 5.06. The Kier molecular flexibility index (Phi) is 5.68. The number of ether oxygens (including phenoxy) is 1. The second-order valence-corrected chi connectivity index (χ2v) is 2.28. The largest absolute Gasteiger partial charge is 0.497 e. The van der Waals surface area contributed by atoms with Crippen molar-refractivity contribution < 1.29 is 4.74 Å². The normalized spacial score (nSPS) is 8.38. The van der Waals surface area contributed by atoms with E-state index in [1.807, 2.05) is 40.0 Å². The molecule has 0 aliphatic carbocycles. The molecule has 1 rings (SSSR count). The second kappa shape index (κ2) is 6.29. The zero-order chi connectivity index (χ0) is 10.3. The predicted octanol–water partition coefficient (Wildman–Crippen LogP) is 2.47. The summed E-state index contributed by atoms with van der Waals surface area (Å²) in [6.07, 6.45) is 0. The van der Waals surface area contributed by atoms with Crippen LogP contribution in [0.4, 0.5) is 5.82 Å². The molecule has 0 saturated carbocycles. The van der Waals surface area contributed by atoms with Gasteiger partial charge in [-0.25, -0.2) is 4.98 Å². The maximum absolute atomic E-state index is 5.06. The van der Waals surface area contributed by atoms with Gasteiger partial charge in [0.1, 0.15) is 11.6 Å². The molecule has 74 valence electrons. The number of methoxy groups -OCH3 is 1. The van der Waals surface area contributed by atoms with Crippen molar-refractivity contribution >= 4 is 5.82 Å². The summed E-state index contributed by atoms with van der Waals surface area (Å²) in [5.41, 5.74) is 0.953. The second-order valence-electron chi connectivity index (χ2n) is 2.28. The summed E-state index contributed by atoms with van der Waals surface area (Å²) in [6.45, 7) is 5.93. The van der Waals surface area contributed by atoms with Gasteiger partial charge in [0.25, 0.3) is 0 Å². The number of pyridine rings is 1. The molecule has 3 heteroatoms. The van der Waals surface area contributed by atoms with Crippen molar-refractivity contribution in [2.45, 2.75) is 20.8 Å². The van der Waals surface area contributed by atoms with Crippen LogP contribution in [0.25, 0.3) is 0 Å². The molecule has 0 unspecified atom stereocenters. The van der Waals surface area contributed by atoms with Crippen LogP contribution in [0.1, 0.15) is 19.5 Å². The first-order valence-corrected chi connectivity index (χ1v) is 4.46. The topological polar surface area (TPSA) is 34.1 Å². The summed E-state index contributed by atoms with van der Waals surface area (Å²) in [5.74, 6) is 1.67. The third-order valence-electron chi connectivity index (χ3n) is 1.42. The molecule has 0 aliphatic rings. The number of rotatable bonds is 2. The summed E-state index contributed by atoms with van der Waals surface area (Å²) < 4.78 is 5.06. The number of aryl methyl sites for hydroxylation is 1. The molecule has 0 aliphatic heterocycles. The van der Waals surface area contributed by atoms with Crippen LogP contribution in [-0.2, 0) is 0 Å². The first kappa shape index (κ1) is 11.8. The van der Waals surface area contributed by atoms with E-state index in [-0.39, 0.29) is 0 Å². The third kappa shape index (κ3) is 3.78. The lowest BCUT2D eigenvalue weighted by atomic mass is 10.3. The van der Waals surface area contributed by atoms with E-state index >= 15 is 0 Å². The SMILES string of the molecule is CC.CNc1cc(OC)cc(C)n1. The van der Waals surface area contributed by atoms with E-state index in [0.717, 1.165) is 17.3 Å².